The lowest BCUT2D eigenvalue weighted by atomic mass is 10.4. The van der Waals surface area contributed by atoms with Crippen LogP contribution in [-0.2, 0) is 11.3 Å². The van der Waals surface area contributed by atoms with Crippen LogP contribution < -0.4 is 16.2 Å². The minimum absolute atomic E-state index is 0.162. The van der Waals surface area contributed by atoms with Crippen molar-refractivity contribution >= 4 is 23.2 Å². The molecule has 1 amide bonds. The first-order valence-electron chi connectivity index (χ1n) is 4.93. The fourth-order valence-corrected chi connectivity index (χ4v) is 1.27. The SMILES string of the molecule is CCNC(=S)NNC(=O)Cn1cc(C)cn1. The lowest BCUT2D eigenvalue weighted by molar-refractivity contribution is -0.122. The van der Waals surface area contributed by atoms with E-state index < -0.39 is 0 Å². The Labute approximate surface area is 99.4 Å². The van der Waals surface area contributed by atoms with Crippen molar-refractivity contribution in [1.82, 2.24) is 25.9 Å². The number of carbonyl (C=O) groups excluding carboxylic acids is 1. The fourth-order valence-electron chi connectivity index (χ4n) is 1.07. The number of aromatic nitrogens is 2. The van der Waals surface area contributed by atoms with E-state index in [1.807, 2.05) is 13.8 Å². The van der Waals surface area contributed by atoms with Gasteiger partial charge in [0.05, 0.1) is 6.20 Å². The zero-order valence-electron chi connectivity index (χ0n) is 9.28. The third-order valence-electron chi connectivity index (χ3n) is 1.72. The van der Waals surface area contributed by atoms with Gasteiger partial charge in [-0.15, -0.1) is 0 Å². The Balaban J connectivity index is 2.28. The van der Waals surface area contributed by atoms with Gasteiger partial charge in [0.25, 0.3) is 5.91 Å². The first-order chi connectivity index (χ1) is 7.61. The average Bonchev–Trinajstić information content (AvgIpc) is 2.61. The topological polar surface area (TPSA) is 71.0 Å². The summed E-state index contributed by atoms with van der Waals surface area (Å²) in [5.74, 6) is -0.205. The summed E-state index contributed by atoms with van der Waals surface area (Å²) in [6.07, 6.45) is 3.49. The minimum Gasteiger partial charge on any atom is -0.362 e. The van der Waals surface area contributed by atoms with E-state index in [1.54, 1.807) is 17.1 Å². The molecule has 16 heavy (non-hydrogen) atoms. The van der Waals surface area contributed by atoms with E-state index in [4.69, 9.17) is 12.2 Å². The van der Waals surface area contributed by atoms with Crippen LogP contribution in [0.1, 0.15) is 12.5 Å². The van der Waals surface area contributed by atoms with Crippen molar-refractivity contribution in [2.24, 2.45) is 0 Å². The number of thiocarbonyl (C=S) groups is 1. The van der Waals surface area contributed by atoms with Crippen molar-refractivity contribution in [3.63, 3.8) is 0 Å². The molecule has 0 aliphatic carbocycles. The van der Waals surface area contributed by atoms with E-state index in [1.165, 1.54) is 0 Å². The van der Waals surface area contributed by atoms with Gasteiger partial charge < -0.3 is 5.32 Å². The average molecular weight is 241 g/mol. The molecule has 6 nitrogen and oxygen atoms in total. The number of carbonyl (C=O) groups is 1. The van der Waals surface area contributed by atoms with Crippen molar-refractivity contribution in [3.05, 3.63) is 18.0 Å². The summed E-state index contributed by atoms with van der Waals surface area (Å²) >= 11 is 4.88. The molecular weight excluding hydrogens is 226 g/mol. The highest BCUT2D eigenvalue weighted by Gasteiger charge is 2.03. The maximum atomic E-state index is 11.4. The molecule has 0 radical (unpaired) electrons. The highest BCUT2D eigenvalue weighted by Crippen LogP contribution is 1.93. The Morgan fingerprint density at radius 1 is 1.56 bits per heavy atom. The van der Waals surface area contributed by atoms with Gasteiger partial charge in [-0.05, 0) is 31.6 Å². The molecule has 0 aliphatic rings. The number of hydrogen-bond acceptors (Lipinski definition) is 3. The molecule has 0 fully saturated rings. The van der Waals surface area contributed by atoms with Crippen LogP contribution >= 0.6 is 12.2 Å². The Hall–Kier alpha value is -1.63. The molecule has 0 saturated carbocycles. The molecular formula is C9H15N5OS. The summed E-state index contributed by atoms with van der Waals surface area (Å²) in [4.78, 5) is 11.4. The Bertz CT molecular complexity index is 376. The van der Waals surface area contributed by atoms with Gasteiger partial charge in [-0.1, -0.05) is 0 Å². The molecule has 0 spiro atoms. The molecule has 0 unspecified atom stereocenters. The minimum atomic E-state index is -0.205. The predicted octanol–water partition coefficient (Wildman–Crippen LogP) is -0.293. The maximum Gasteiger partial charge on any atom is 0.260 e. The summed E-state index contributed by atoms with van der Waals surface area (Å²) in [7, 11) is 0. The Morgan fingerprint density at radius 3 is 2.88 bits per heavy atom. The molecule has 3 N–H and O–H groups in total. The molecule has 1 aromatic heterocycles. The molecule has 88 valence electrons. The van der Waals surface area contributed by atoms with Gasteiger partial charge in [-0.2, -0.15) is 5.10 Å². The van der Waals surface area contributed by atoms with Crippen LogP contribution in [-0.4, -0.2) is 27.3 Å². The van der Waals surface area contributed by atoms with E-state index in [0.29, 0.717) is 11.7 Å². The third-order valence-corrected chi connectivity index (χ3v) is 1.97. The van der Waals surface area contributed by atoms with Crippen molar-refractivity contribution in [2.75, 3.05) is 6.54 Å². The van der Waals surface area contributed by atoms with Gasteiger partial charge >= 0.3 is 0 Å². The summed E-state index contributed by atoms with van der Waals surface area (Å²) in [6, 6.07) is 0. The number of nitrogens with zero attached hydrogens (tertiary/aromatic N) is 2. The van der Waals surface area contributed by atoms with Gasteiger partial charge in [-0.3, -0.25) is 20.3 Å². The normalized spacial score (nSPS) is 9.62. The van der Waals surface area contributed by atoms with Crippen LogP contribution in [0.25, 0.3) is 0 Å². The molecule has 1 aromatic rings. The van der Waals surface area contributed by atoms with Gasteiger partial charge in [0.15, 0.2) is 5.11 Å². The number of hydrogen-bond donors (Lipinski definition) is 3. The van der Waals surface area contributed by atoms with Crippen molar-refractivity contribution in [2.45, 2.75) is 20.4 Å². The highest BCUT2D eigenvalue weighted by molar-refractivity contribution is 7.80. The van der Waals surface area contributed by atoms with Crippen LogP contribution in [0.3, 0.4) is 0 Å². The van der Waals surface area contributed by atoms with E-state index in [9.17, 15) is 4.79 Å². The molecule has 0 bridgehead atoms. The zero-order valence-corrected chi connectivity index (χ0v) is 10.1. The van der Waals surface area contributed by atoms with Crippen LogP contribution in [0.15, 0.2) is 12.4 Å². The molecule has 0 aliphatic heterocycles. The van der Waals surface area contributed by atoms with E-state index in [0.717, 1.165) is 5.56 Å². The van der Waals surface area contributed by atoms with Gasteiger partial charge in [-0.25, -0.2) is 0 Å². The van der Waals surface area contributed by atoms with E-state index in [2.05, 4.69) is 21.3 Å². The largest absolute Gasteiger partial charge is 0.362 e. The number of amides is 1. The van der Waals surface area contributed by atoms with Crippen molar-refractivity contribution in [3.8, 4) is 0 Å². The molecule has 7 heteroatoms. The zero-order chi connectivity index (χ0) is 12.0. The maximum absolute atomic E-state index is 11.4. The predicted molar refractivity (Wildman–Crippen MR) is 64.5 cm³/mol. The van der Waals surface area contributed by atoms with Gasteiger partial charge in [0.2, 0.25) is 0 Å². The van der Waals surface area contributed by atoms with Crippen LogP contribution in [0.4, 0.5) is 0 Å². The Morgan fingerprint density at radius 2 is 2.31 bits per heavy atom. The summed E-state index contributed by atoms with van der Waals surface area (Å²) in [5, 5.41) is 7.25. The van der Waals surface area contributed by atoms with E-state index >= 15 is 0 Å². The number of rotatable bonds is 3. The lowest BCUT2D eigenvalue weighted by Gasteiger charge is -2.09. The molecule has 1 heterocycles. The van der Waals surface area contributed by atoms with Crippen LogP contribution in [0.2, 0.25) is 0 Å². The van der Waals surface area contributed by atoms with Crippen molar-refractivity contribution < 1.29 is 4.79 Å². The van der Waals surface area contributed by atoms with Crippen LogP contribution in [0, 0.1) is 6.92 Å². The number of nitrogens with one attached hydrogen (secondary N) is 3. The molecule has 0 atom stereocenters. The first-order valence-corrected chi connectivity index (χ1v) is 5.34. The summed E-state index contributed by atoms with van der Waals surface area (Å²) < 4.78 is 1.56. The van der Waals surface area contributed by atoms with Crippen molar-refractivity contribution in [1.29, 1.82) is 0 Å². The van der Waals surface area contributed by atoms with Crippen LogP contribution in [0.5, 0.6) is 0 Å². The smallest absolute Gasteiger partial charge is 0.260 e. The van der Waals surface area contributed by atoms with E-state index in [-0.39, 0.29) is 12.5 Å². The van der Waals surface area contributed by atoms with Gasteiger partial charge in [0, 0.05) is 12.7 Å². The highest BCUT2D eigenvalue weighted by atomic mass is 32.1. The number of hydrazine groups is 1. The Kier molecular flexibility index (Phi) is 4.71. The second kappa shape index (κ2) is 6.06. The molecule has 0 aromatic carbocycles. The molecule has 1 rings (SSSR count). The second-order valence-corrected chi connectivity index (χ2v) is 3.66. The lowest BCUT2D eigenvalue weighted by Crippen LogP contribution is -2.47. The standard InChI is InChI=1S/C9H15N5OS/c1-3-10-9(16)13-12-8(15)6-14-5-7(2)4-11-14/h4-5H,3,6H2,1-2H3,(H,12,15)(H2,10,13,16). The quantitative estimate of drug-likeness (QED) is 0.501. The first kappa shape index (κ1) is 12.4. The van der Waals surface area contributed by atoms with Gasteiger partial charge in [0.1, 0.15) is 6.54 Å². The molecule has 0 saturated heterocycles. The monoisotopic (exact) mass is 241 g/mol. The summed E-state index contributed by atoms with van der Waals surface area (Å²) in [5.41, 5.74) is 6.08. The summed E-state index contributed by atoms with van der Waals surface area (Å²) in [6.45, 7) is 4.71. The second-order valence-electron chi connectivity index (χ2n) is 3.25. The number of aryl methyl sites for hydroxylation is 1. The fraction of sp³-hybridized carbons (Fsp3) is 0.444. The third kappa shape index (κ3) is 4.26.